The zero-order valence-electron chi connectivity index (χ0n) is 9.69. The summed E-state index contributed by atoms with van der Waals surface area (Å²) in [6.07, 6.45) is 7.23. The maximum atomic E-state index is 11.2. The topological polar surface area (TPSA) is 58.4 Å². The van der Waals surface area contributed by atoms with Crippen molar-refractivity contribution < 1.29 is 4.79 Å². The standard InChI is InChI=1S/C12H17N3OS/c13-12(16)8-3-4-10-9(6-8)14-7-15-5-1-2-11(15)17-10/h3-4,9,11,14H,1-2,5-7H2,(H2,13,16). The number of carbonyl (C=O) groups excluding carboxylic acids is 1. The minimum absolute atomic E-state index is 0.276. The van der Waals surface area contributed by atoms with Gasteiger partial charge in [0, 0.05) is 29.7 Å². The van der Waals surface area contributed by atoms with Gasteiger partial charge in [0.1, 0.15) is 0 Å². The molecule has 3 aliphatic rings. The van der Waals surface area contributed by atoms with Crippen molar-refractivity contribution in [3.8, 4) is 0 Å². The van der Waals surface area contributed by atoms with Crippen molar-refractivity contribution in [3.63, 3.8) is 0 Å². The molecule has 3 N–H and O–H groups in total. The summed E-state index contributed by atoms with van der Waals surface area (Å²) in [5, 5.41) is 4.14. The van der Waals surface area contributed by atoms with Crippen LogP contribution in [-0.4, -0.2) is 35.4 Å². The van der Waals surface area contributed by atoms with E-state index < -0.39 is 0 Å². The molecule has 0 spiro atoms. The molecule has 0 aromatic carbocycles. The molecule has 0 bridgehead atoms. The maximum absolute atomic E-state index is 11.2. The van der Waals surface area contributed by atoms with Crippen LogP contribution in [0.4, 0.5) is 0 Å². The van der Waals surface area contributed by atoms with Crippen molar-refractivity contribution in [3.05, 3.63) is 22.6 Å². The number of nitrogens with zero attached hydrogens (tertiary/aromatic N) is 1. The molecule has 3 rings (SSSR count). The Morgan fingerprint density at radius 2 is 2.41 bits per heavy atom. The molecule has 17 heavy (non-hydrogen) atoms. The van der Waals surface area contributed by atoms with E-state index in [0.717, 1.165) is 18.7 Å². The number of hydrogen-bond acceptors (Lipinski definition) is 4. The number of amides is 1. The van der Waals surface area contributed by atoms with Crippen LogP contribution in [0.15, 0.2) is 22.6 Å². The highest BCUT2D eigenvalue weighted by atomic mass is 32.2. The Bertz CT molecular complexity index is 405. The summed E-state index contributed by atoms with van der Waals surface area (Å²) >= 11 is 1.95. The molecule has 0 aromatic heterocycles. The highest BCUT2D eigenvalue weighted by Gasteiger charge is 2.33. The second-order valence-electron chi connectivity index (χ2n) is 4.77. The minimum atomic E-state index is -0.295. The smallest absolute Gasteiger partial charge is 0.244 e. The lowest BCUT2D eigenvalue weighted by Crippen LogP contribution is -2.39. The normalized spacial score (nSPS) is 33.2. The van der Waals surface area contributed by atoms with Gasteiger partial charge >= 0.3 is 0 Å². The molecule has 0 radical (unpaired) electrons. The maximum Gasteiger partial charge on any atom is 0.244 e. The first-order valence-corrected chi connectivity index (χ1v) is 6.96. The highest BCUT2D eigenvalue weighted by Crippen LogP contribution is 2.38. The molecule has 4 nitrogen and oxygen atoms in total. The molecule has 2 atom stereocenters. The first-order chi connectivity index (χ1) is 8.24. The highest BCUT2D eigenvalue weighted by molar-refractivity contribution is 8.03. The lowest BCUT2D eigenvalue weighted by molar-refractivity contribution is -0.114. The summed E-state index contributed by atoms with van der Waals surface area (Å²) in [7, 11) is 0. The van der Waals surface area contributed by atoms with Crippen molar-refractivity contribution >= 4 is 17.7 Å². The quantitative estimate of drug-likeness (QED) is 0.723. The molecular formula is C12H17N3OS. The van der Waals surface area contributed by atoms with Crippen LogP contribution in [0.5, 0.6) is 0 Å². The number of rotatable bonds is 1. The summed E-state index contributed by atoms with van der Waals surface area (Å²) in [4.78, 5) is 15.0. The molecule has 1 aliphatic carbocycles. The molecule has 2 unspecified atom stereocenters. The van der Waals surface area contributed by atoms with Crippen molar-refractivity contribution in [1.82, 2.24) is 10.2 Å². The number of nitrogens with one attached hydrogen (secondary N) is 1. The Kier molecular flexibility index (Phi) is 2.98. The second kappa shape index (κ2) is 4.48. The molecule has 0 saturated carbocycles. The Labute approximate surface area is 105 Å². The third-order valence-corrected chi connectivity index (χ3v) is 5.15. The lowest BCUT2D eigenvalue weighted by atomic mass is 10.00. The number of nitrogens with two attached hydrogens (primary N) is 1. The number of carbonyl (C=O) groups is 1. The third kappa shape index (κ3) is 2.14. The molecule has 2 saturated heterocycles. The summed E-state index contributed by atoms with van der Waals surface area (Å²) < 4.78 is 0. The average Bonchev–Trinajstić information content (AvgIpc) is 2.68. The fourth-order valence-corrected chi connectivity index (χ4v) is 4.06. The van der Waals surface area contributed by atoms with Gasteiger partial charge in [-0.25, -0.2) is 0 Å². The van der Waals surface area contributed by atoms with E-state index in [4.69, 9.17) is 5.73 Å². The van der Waals surface area contributed by atoms with E-state index in [9.17, 15) is 4.79 Å². The summed E-state index contributed by atoms with van der Waals surface area (Å²) in [5.41, 5.74) is 6.07. The Hall–Kier alpha value is -0.780. The third-order valence-electron chi connectivity index (χ3n) is 3.65. The Morgan fingerprint density at radius 3 is 3.24 bits per heavy atom. The molecule has 2 aliphatic heterocycles. The van der Waals surface area contributed by atoms with E-state index in [1.807, 2.05) is 17.8 Å². The minimum Gasteiger partial charge on any atom is -0.366 e. The van der Waals surface area contributed by atoms with Gasteiger partial charge in [-0.3, -0.25) is 15.0 Å². The zero-order valence-corrected chi connectivity index (χ0v) is 10.5. The van der Waals surface area contributed by atoms with Crippen LogP contribution in [0, 0.1) is 0 Å². The summed E-state index contributed by atoms with van der Waals surface area (Å²) in [6, 6.07) is 0.276. The molecule has 5 heteroatoms. The van der Waals surface area contributed by atoms with Gasteiger partial charge in [0.25, 0.3) is 0 Å². The van der Waals surface area contributed by atoms with Gasteiger partial charge in [-0.15, -0.1) is 11.8 Å². The van der Waals surface area contributed by atoms with Gasteiger partial charge < -0.3 is 5.73 Å². The number of allylic oxidation sites excluding steroid dienone is 2. The number of thioether (sulfide) groups is 1. The van der Waals surface area contributed by atoms with E-state index >= 15 is 0 Å². The van der Waals surface area contributed by atoms with Gasteiger partial charge in [-0.05, 0) is 19.3 Å². The van der Waals surface area contributed by atoms with Crippen LogP contribution in [0.1, 0.15) is 19.3 Å². The predicted molar refractivity (Wildman–Crippen MR) is 69.1 cm³/mol. The Balaban J connectivity index is 1.80. The van der Waals surface area contributed by atoms with Gasteiger partial charge in [0.2, 0.25) is 5.91 Å². The zero-order chi connectivity index (χ0) is 11.8. The first kappa shape index (κ1) is 11.3. The predicted octanol–water partition coefficient (Wildman–Crippen LogP) is 0.770. The van der Waals surface area contributed by atoms with Gasteiger partial charge in [-0.1, -0.05) is 12.2 Å². The molecular weight excluding hydrogens is 234 g/mol. The number of primary amides is 1. The lowest BCUT2D eigenvalue weighted by Gasteiger charge is -2.22. The largest absolute Gasteiger partial charge is 0.366 e. The summed E-state index contributed by atoms with van der Waals surface area (Å²) in [5.74, 6) is -0.295. The van der Waals surface area contributed by atoms with E-state index in [-0.39, 0.29) is 11.9 Å². The van der Waals surface area contributed by atoms with Crippen LogP contribution < -0.4 is 11.1 Å². The SMILES string of the molecule is NC(=O)C1=CC=C2SC3CCCN3CNC2C1. The molecule has 1 amide bonds. The monoisotopic (exact) mass is 251 g/mol. The van der Waals surface area contributed by atoms with Crippen molar-refractivity contribution in [2.45, 2.75) is 30.7 Å². The van der Waals surface area contributed by atoms with Crippen molar-refractivity contribution in [2.24, 2.45) is 5.73 Å². The fraction of sp³-hybridized carbons (Fsp3) is 0.583. The van der Waals surface area contributed by atoms with Crippen LogP contribution in [-0.2, 0) is 4.79 Å². The van der Waals surface area contributed by atoms with Gasteiger partial charge in [-0.2, -0.15) is 0 Å². The van der Waals surface area contributed by atoms with Gasteiger partial charge in [0.05, 0.1) is 5.37 Å². The van der Waals surface area contributed by atoms with Crippen LogP contribution in [0.2, 0.25) is 0 Å². The second-order valence-corrected chi connectivity index (χ2v) is 6.02. The first-order valence-electron chi connectivity index (χ1n) is 6.08. The van der Waals surface area contributed by atoms with Crippen molar-refractivity contribution in [1.29, 1.82) is 0 Å². The van der Waals surface area contributed by atoms with E-state index in [1.54, 1.807) is 0 Å². The van der Waals surface area contributed by atoms with Crippen LogP contribution in [0.3, 0.4) is 0 Å². The molecule has 2 heterocycles. The van der Waals surface area contributed by atoms with Crippen molar-refractivity contribution in [2.75, 3.05) is 13.2 Å². The Morgan fingerprint density at radius 1 is 1.53 bits per heavy atom. The number of fused-ring (bicyclic) bond motifs is 2. The van der Waals surface area contributed by atoms with E-state index in [1.165, 1.54) is 24.3 Å². The van der Waals surface area contributed by atoms with E-state index in [2.05, 4.69) is 16.3 Å². The summed E-state index contributed by atoms with van der Waals surface area (Å²) in [6.45, 7) is 2.10. The van der Waals surface area contributed by atoms with E-state index in [0.29, 0.717) is 5.37 Å². The molecule has 92 valence electrons. The van der Waals surface area contributed by atoms with Gasteiger partial charge in [0.15, 0.2) is 0 Å². The van der Waals surface area contributed by atoms with Crippen LogP contribution >= 0.6 is 11.8 Å². The fourth-order valence-electron chi connectivity index (χ4n) is 2.66. The molecule has 0 aromatic rings. The van der Waals surface area contributed by atoms with Crippen LogP contribution in [0.25, 0.3) is 0 Å². The molecule has 2 fully saturated rings. The average molecular weight is 251 g/mol. The number of hydrogen-bond donors (Lipinski definition) is 2.